The third-order valence-electron chi connectivity index (χ3n) is 1.98. The number of nitrogens with two attached hydrogens (primary N) is 1. The molecule has 0 spiro atoms. The average molecular weight is 230 g/mol. The van der Waals surface area contributed by atoms with Gasteiger partial charge in [0.2, 0.25) is 0 Å². The Morgan fingerprint density at radius 3 is 2.69 bits per heavy atom. The Morgan fingerprint density at radius 1 is 1.50 bits per heavy atom. The molecule has 0 saturated heterocycles. The van der Waals surface area contributed by atoms with Gasteiger partial charge in [0.25, 0.3) is 5.91 Å². The number of amides is 1. The lowest BCUT2D eigenvalue weighted by Crippen LogP contribution is -2.35. The molecule has 0 heterocycles. The van der Waals surface area contributed by atoms with E-state index < -0.39 is 23.6 Å². The van der Waals surface area contributed by atoms with Gasteiger partial charge in [0, 0.05) is 12.1 Å². The van der Waals surface area contributed by atoms with Crippen molar-refractivity contribution >= 4 is 11.6 Å². The largest absolute Gasteiger partial charge is 0.396 e. The second-order valence-electron chi connectivity index (χ2n) is 3.41. The van der Waals surface area contributed by atoms with E-state index in [1.165, 1.54) is 0 Å². The maximum Gasteiger partial charge on any atom is 0.254 e. The number of rotatable bonds is 3. The molecule has 1 amide bonds. The Bertz CT molecular complexity index is 410. The molecule has 0 aliphatic carbocycles. The summed E-state index contributed by atoms with van der Waals surface area (Å²) in [6.45, 7) is 1.27. The highest BCUT2D eigenvalue weighted by Gasteiger charge is 2.16. The Hall–Kier alpha value is -1.69. The molecule has 4 nitrogen and oxygen atoms in total. The highest BCUT2D eigenvalue weighted by Crippen LogP contribution is 2.16. The van der Waals surface area contributed by atoms with E-state index in [1.54, 1.807) is 6.92 Å². The molecule has 0 aliphatic heterocycles. The van der Waals surface area contributed by atoms with Crippen LogP contribution >= 0.6 is 0 Å². The average Bonchev–Trinajstić information content (AvgIpc) is 2.23. The SMILES string of the molecule is CC(CO)NC(=O)c1cc(N)c(F)cc1F. The van der Waals surface area contributed by atoms with E-state index in [-0.39, 0.29) is 17.9 Å². The van der Waals surface area contributed by atoms with Crippen molar-refractivity contribution in [1.82, 2.24) is 5.32 Å². The van der Waals surface area contributed by atoms with Crippen molar-refractivity contribution < 1.29 is 18.7 Å². The zero-order chi connectivity index (χ0) is 12.3. The lowest BCUT2D eigenvalue weighted by molar-refractivity contribution is 0.0918. The fourth-order valence-electron chi connectivity index (χ4n) is 1.09. The molecule has 0 aromatic heterocycles. The zero-order valence-corrected chi connectivity index (χ0v) is 8.63. The van der Waals surface area contributed by atoms with Crippen molar-refractivity contribution in [2.24, 2.45) is 0 Å². The van der Waals surface area contributed by atoms with E-state index in [4.69, 9.17) is 10.8 Å². The number of halogens is 2. The highest BCUT2D eigenvalue weighted by atomic mass is 19.1. The molecule has 0 saturated carbocycles. The molecule has 1 aromatic rings. The molecule has 0 aliphatic rings. The van der Waals surface area contributed by atoms with Crippen molar-refractivity contribution in [2.45, 2.75) is 13.0 Å². The molecule has 1 atom stereocenters. The third kappa shape index (κ3) is 2.66. The molecule has 1 aromatic carbocycles. The number of carbonyl (C=O) groups excluding carboxylic acids is 1. The summed E-state index contributed by atoms with van der Waals surface area (Å²) in [5.74, 6) is -2.65. The minimum absolute atomic E-state index is 0.274. The van der Waals surface area contributed by atoms with Crippen LogP contribution in [0.2, 0.25) is 0 Å². The standard InChI is InChI=1S/C10H12F2N2O2/c1-5(4-15)14-10(16)6-2-9(13)8(12)3-7(6)11/h2-3,5,15H,4,13H2,1H3,(H,14,16). The maximum atomic E-state index is 13.2. The van der Waals surface area contributed by atoms with E-state index in [0.29, 0.717) is 6.07 Å². The van der Waals surface area contributed by atoms with Gasteiger partial charge in [0.05, 0.1) is 17.9 Å². The van der Waals surface area contributed by atoms with Crippen LogP contribution in [0.5, 0.6) is 0 Å². The first-order valence-electron chi connectivity index (χ1n) is 4.62. The second kappa shape index (κ2) is 4.89. The van der Waals surface area contributed by atoms with Gasteiger partial charge in [-0.05, 0) is 13.0 Å². The summed E-state index contributed by atoms with van der Waals surface area (Å²) in [6, 6.07) is 0.955. The Kier molecular flexibility index (Phi) is 3.78. The van der Waals surface area contributed by atoms with E-state index >= 15 is 0 Å². The van der Waals surface area contributed by atoms with Gasteiger partial charge in [-0.25, -0.2) is 8.78 Å². The fraction of sp³-hybridized carbons (Fsp3) is 0.300. The molecule has 88 valence electrons. The summed E-state index contributed by atoms with van der Waals surface area (Å²) in [6.07, 6.45) is 0. The summed E-state index contributed by atoms with van der Waals surface area (Å²) in [4.78, 5) is 11.5. The third-order valence-corrected chi connectivity index (χ3v) is 1.98. The van der Waals surface area contributed by atoms with Crippen LogP contribution in [-0.4, -0.2) is 23.7 Å². The van der Waals surface area contributed by atoms with Gasteiger partial charge >= 0.3 is 0 Å². The van der Waals surface area contributed by atoms with Gasteiger partial charge in [-0.2, -0.15) is 0 Å². The maximum absolute atomic E-state index is 13.2. The zero-order valence-electron chi connectivity index (χ0n) is 8.63. The van der Waals surface area contributed by atoms with Crippen LogP contribution in [0, 0.1) is 11.6 Å². The minimum atomic E-state index is -0.991. The van der Waals surface area contributed by atoms with Crippen molar-refractivity contribution in [3.8, 4) is 0 Å². The summed E-state index contributed by atoms with van der Waals surface area (Å²) in [5, 5.41) is 11.0. The molecule has 0 radical (unpaired) electrons. The van der Waals surface area contributed by atoms with Crippen LogP contribution in [0.1, 0.15) is 17.3 Å². The number of benzene rings is 1. The van der Waals surface area contributed by atoms with E-state index in [9.17, 15) is 13.6 Å². The number of nitrogen functional groups attached to an aromatic ring is 1. The van der Waals surface area contributed by atoms with Crippen LogP contribution in [0.15, 0.2) is 12.1 Å². The summed E-state index contributed by atoms with van der Waals surface area (Å²) in [7, 11) is 0. The molecule has 0 bridgehead atoms. The van der Waals surface area contributed by atoms with Gasteiger partial charge < -0.3 is 16.2 Å². The fourth-order valence-corrected chi connectivity index (χ4v) is 1.09. The normalized spacial score (nSPS) is 12.2. The van der Waals surface area contributed by atoms with Crippen LogP contribution in [0.4, 0.5) is 14.5 Å². The number of hydrogen-bond donors (Lipinski definition) is 3. The van der Waals surface area contributed by atoms with E-state index in [2.05, 4.69) is 5.32 Å². The monoisotopic (exact) mass is 230 g/mol. The summed E-state index contributed by atoms with van der Waals surface area (Å²) in [5.41, 5.74) is 4.57. The molecule has 0 fully saturated rings. The number of aliphatic hydroxyl groups is 1. The van der Waals surface area contributed by atoms with Crippen molar-refractivity contribution in [3.63, 3.8) is 0 Å². The van der Waals surface area contributed by atoms with Crippen molar-refractivity contribution in [2.75, 3.05) is 12.3 Å². The van der Waals surface area contributed by atoms with E-state index in [0.717, 1.165) is 6.07 Å². The van der Waals surface area contributed by atoms with Crippen molar-refractivity contribution in [1.29, 1.82) is 0 Å². The minimum Gasteiger partial charge on any atom is -0.396 e. The van der Waals surface area contributed by atoms with Gasteiger partial charge in [-0.15, -0.1) is 0 Å². The smallest absolute Gasteiger partial charge is 0.254 e. The second-order valence-corrected chi connectivity index (χ2v) is 3.41. The topological polar surface area (TPSA) is 75.3 Å². The molecule has 6 heteroatoms. The first-order valence-corrected chi connectivity index (χ1v) is 4.62. The van der Waals surface area contributed by atoms with Gasteiger partial charge in [-0.3, -0.25) is 4.79 Å². The molecule has 16 heavy (non-hydrogen) atoms. The lowest BCUT2D eigenvalue weighted by atomic mass is 10.1. The predicted molar refractivity (Wildman–Crippen MR) is 54.8 cm³/mol. The summed E-state index contributed by atoms with van der Waals surface area (Å²) >= 11 is 0. The van der Waals surface area contributed by atoms with Gasteiger partial charge in [0.1, 0.15) is 11.6 Å². The number of hydrogen-bond acceptors (Lipinski definition) is 3. The van der Waals surface area contributed by atoms with E-state index in [1.807, 2.05) is 0 Å². The summed E-state index contributed by atoms with van der Waals surface area (Å²) < 4.78 is 26.0. The lowest BCUT2D eigenvalue weighted by Gasteiger charge is -2.11. The molecule has 4 N–H and O–H groups in total. The number of anilines is 1. The quantitative estimate of drug-likeness (QED) is 0.667. The molecule has 1 rings (SSSR count). The first-order chi connectivity index (χ1) is 7.45. The van der Waals surface area contributed by atoms with Gasteiger partial charge in [0.15, 0.2) is 0 Å². The number of aliphatic hydroxyl groups excluding tert-OH is 1. The van der Waals surface area contributed by atoms with Crippen LogP contribution in [0.3, 0.4) is 0 Å². The first kappa shape index (κ1) is 12.4. The Balaban J connectivity index is 2.96. The van der Waals surface area contributed by atoms with Crippen LogP contribution in [0.25, 0.3) is 0 Å². The molecule has 1 unspecified atom stereocenters. The Morgan fingerprint density at radius 2 is 2.12 bits per heavy atom. The van der Waals surface area contributed by atoms with Crippen molar-refractivity contribution in [3.05, 3.63) is 29.3 Å². The predicted octanol–water partition coefficient (Wildman–Crippen LogP) is 0.658. The molecular formula is C10H12F2N2O2. The van der Waals surface area contributed by atoms with Crippen LogP contribution in [-0.2, 0) is 0 Å². The van der Waals surface area contributed by atoms with Gasteiger partial charge in [-0.1, -0.05) is 0 Å². The number of carbonyl (C=O) groups is 1. The Labute approximate surface area is 91.1 Å². The van der Waals surface area contributed by atoms with Crippen LogP contribution < -0.4 is 11.1 Å². The number of nitrogens with one attached hydrogen (secondary N) is 1. The molecular weight excluding hydrogens is 218 g/mol. The highest BCUT2D eigenvalue weighted by molar-refractivity contribution is 5.95.